The zero-order valence-corrected chi connectivity index (χ0v) is 24.1. The van der Waals surface area contributed by atoms with Crippen molar-refractivity contribution in [3.8, 4) is 19.5 Å². The van der Waals surface area contributed by atoms with E-state index in [1.807, 2.05) is 6.92 Å². The van der Waals surface area contributed by atoms with Crippen LogP contribution in [0.5, 0.6) is 0 Å². The molecule has 0 aliphatic carbocycles. The molecule has 0 saturated heterocycles. The Balaban J connectivity index is 1.69. The quantitative estimate of drug-likeness (QED) is 0.190. The zero-order valence-electron chi connectivity index (χ0n) is 21.7. The summed E-state index contributed by atoms with van der Waals surface area (Å²) >= 11 is 5.33. The van der Waals surface area contributed by atoms with E-state index >= 15 is 0 Å². The molecular formula is C26H36N2O6S3+2. The third-order valence-electron chi connectivity index (χ3n) is 6.06. The molecule has 11 heteroatoms. The number of carbonyl (C=O) groups is 2. The molecule has 3 aromatic heterocycles. The number of thiophene rings is 3. The SMILES string of the molecule is Cc1cc(CCO[C@H](C)[C@H]([NH3+])OC=O)c(-c2ccc(-c3sc(C)cc3CCO[C@H](C)[C@H]([NH3+])C(=O)O)s2)s1. The number of carboxylic acids is 1. The first kappa shape index (κ1) is 29.4. The first-order valence-corrected chi connectivity index (χ1v) is 14.6. The van der Waals surface area contributed by atoms with E-state index in [-0.39, 0.29) is 6.10 Å². The van der Waals surface area contributed by atoms with Crippen LogP contribution in [0.1, 0.15) is 34.7 Å². The Hall–Kier alpha value is -2.12. The zero-order chi connectivity index (χ0) is 27.1. The van der Waals surface area contributed by atoms with Crippen molar-refractivity contribution in [2.24, 2.45) is 0 Å². The molecule has 0 fully saturated rings. The highest BCUT2D eigenvalue weighted by atomic mass is 32.1. The molecule has 202 valence electrons. The fourth-order valence-electron chi connectivity index (χ4n) is 3.82. The van der Waals surface area contributed by atoms with Gasteiger partial charge in [0.1, 0.15) is 12.2 Å². The van der Waals surface area contributed by atoms with Crippen molar-refractivity contribution < 1.29 is 40.4 Å². The van der Waals surface area contributed by atoms with E-state index in [0.717, 1.165) is 6.42 Å². The summed E-state index contributed by atoms with van der Waals surface area (Å²) < 4.78 is 16.5. The lowest BCUT2D eigenvalue weighted by Gasteiger charge is -2.15. The third-order valence-corrected chi connectivity index (χ3v) is 9.69. The number of aryl methyl sites for hydroxylation is 2. The highest BCUT2D eigenvalue weighted by Crippen LogP contribution is 2.43. The first-order valence-electron chi connectivity index (χ1n) is 12.1. The average Bonchev–Trinajstić information content (AvgIpc) is 3.56. The Kier molecular flexibility index (Phi) is 10.8. The van der Waals surface area contributed by atoms with Crippen LogP contribution in [0.15, 0.2) is 24.3 Å². The van der Waals surface area contributed by atoms with Crippen LogP contribution in [0.25, 0.3) is 19.5 Å². The highest BCUT2D eigenvalue weighted by molar-refractivity contribution is 7.26. The van der Waals surface area contributed by atoms with Crippen molar-refractivity contribution in [2.45, 2.75) is 65.0 Å². The van der Waals surface area contributed by atoms with E-state index in [9.17, 15) is 9.59 Å². The van der Waals surface area contributed by atoms with Crippen molar-refractivity contribution >= 4 is 46.5 Å². The number of carboxylic acid groups (broad SMARTS) is 1. The Morgan fingerprint density at radius 3 is 1.86 bits per heavy atom. The molecule has 4 atom stereocenters. The summed E-state index contributed by atoms with van der Waals surface area (Å²) in [6, 6.07) is 7.97. The van der Waals surface area contributed by atoms with E-state index in [0.29, 0.717) is 26.1 Å². The standard InChI is InChI=1S/C26H34N2O6S3/c1-14-11-18(7-9-32-16(3)22(27)26(30)31)23(35-14)20-5-6-21(37-20)24-19(12-15(2)36-24)8-10-33-17(4)25(28)34-13-29/h5-6,11-13,16-17,22,25H,7-10,27-28H2,1-4H3,(H,30,31)/p+2/t16-,17-,22+,25-/m1/s1. The molecular weight excluding hydrogens is 532 g/mol. The van der Waals surface area contributed by atoms with Gasteiger partial charge in [-0.05, 0) is 75.9 Å². The summed E-state index contributed by atoms with van der Waals surface area (Å²) in [5.74, 6) is -0.951. The van der Waals surface area contributed by atoms with Gasteiger partial charge >= 0.3 is 5.97 Å². The summed E-state index contributed by atoms with van der Waals surface area (Å²) in [4.78, 5) is 29.1. The van der Waals surface area contributed by atoms with Crippen LogP contribution >= 0.6 is 34.0 Å². The van der Waals surface area contributed by atoms with Crippen molar-refractivity contribution in [2.75, 3.05) is 13.2 Å². The molecule has 0 bridgehead atoms. The van der Waals surface area contributed by atoms with Gasteiger partial charge in [-0.1, -0.05) is 0 Å². The van der Waals surface area contributed by atoms with Crippen molar-refractivity contribution in [3.63, 3.8) is 0 Å². The molecule has 3 rings (SSSR count). The molecule has 0 aliphatic rings. The number of carbonyl (C=O) groups excluding carboxylic acids is 1. The maximum absolute atomic E-state index is 11.1. The normalized spacial score (nSPS) is 14.8. The van der Waals surface area contributed by atoms with Gasteiger partial charge in [0.2, 0.25) is 6.04 Å². The van der Waals surface area contributed by atoms with E-state index in [4.69, 9.17) is 19.3 Å². The van der Waals surface area contributed by atoms with Crippen LogP contribution in [-0.4, -0.2) is 55.2 Å². The second-order valence-electron chi connectivity index (χ2n) is 8.95. The third kappa shape index (κ3) is 7.93. The van der Waals surface area contributed by atoms with E-state index < -0.39 is 24.3 Å². The van der Waals surface area contributed by atoms with Gasteiger partial charge in [0, 0.05) is 29.3 Å². The summed E-state index contributed by atoms with van der Waals surface area (Å²) in [7, 11) is 0. The van der Waals surface area contributed by atoms with Crippen molar-refractivity contribution in [1.29, 1.82) is 0 Å². The summed E-state index contributed by atoms with van der Waals surface area (Å²) in [6.45, 7) is 9.17. The van der Waals surface area contributed by atoms with Gasteiger partial charge in [0.15, 0.2) is 0 Å². The smallest absolute Gasteiger partial charge is 0.365 e. The Labute approximate surface area is 229 Å². The topological polar surface area (TPSA) is 137 Å². The number of quaternary nitrogens is 2. The van der Waals surface area contributed by atoms with E-state index in [2.05, 4.69) is 49.6 Å². The molecule has 37 heavy (non-hydrogen) atoms. The molecule has 8 nitrogen and oxygen atoms in total. The average molecular weight is 569 g/mol. The number of aliphatic carboxylic acids is 1. The monoisotopic (exact) mass is 568 g/mol. The number of hydrogen-bond acceptors (Lipinski definition) is 8. The largest absolute Gasteiger partial charge is 0.477 e. The van der Waals surface area contributed by atoms with Crippen LogP contribution < -0.4 is 11.5 Å². The molecule has 0 radical (unpaired) electrons. The Morgan fingerprint density at radius 1 is 0.919 bits per heavy atom. The molecule has 0 spiro atoms. The molecule has 7 N–H and O–H groups in total. The minimum Gasteiger partial charge on any atom is -0.477 e. The van der Waals surface area contributed by atoms with E-state index in [1.165, 1.54) is 40.4 Å². The van der Waals surface area contributed by atoms with Gasteiger partial charge in [-0.15, -0.1) is 34.0 Å². The first-order chi connectivity index (χ1) is 17.6. The summed E-state index contributed by atoms with van der Waals surface area (Å²) in [5, 5.41) is 9.13. The fraction of sp³-hybridized carbons (Fsp3) is 0.462. The molecule has 3 aromatic rings. The lowest BCUT2D eigenvalue weighted by atomic mass is 10.1. The molecule has 3 heterocycles. The minimum absolute atomic E-state index is 0.280. The predicted molar refractivity (Wildman–Crippen MR) is 147 cm³/mol. The van der Waals surface area contributed by atoms with Crippen LogP contribution in [0, 0.1) is 13.8 Å². The van der Waals surface area contributed by atoms with Gasteiger partial charge in [0.05, 0.1) is 13.2 Å². The van der Waals surface area contributed by atoms with E-state index in [1.54, 1.807) is 40.9 Å². The van der Waals surface area contributed by atoms with Crippen LogP contribution in [0.3, 0.4) is 0 Å². The minimum atomic E-state index is -0.951. The van der Waals surface area contributed by atoms with Crippen molar-refractivity contribution in [3.05, 3.63) is 45.1 Å². The van der Waals surface area contributed by atoms with Gasteiger partial charge in [-0.3, -0.25) is 4.79 Å². The maximum atomic E-state index is 11.1. The maximum Gasteiger partial charge on any atom is 0.365 e. The lowest BCUT2D eigenvalue weighted by Crippen LogP contribution is -2.70. The Bertz CT molecular complexity index is 1190. The molecule has 0 unspecified atom stereocenters. The number of hydrogen-bond donors (Lipinski definition) is 3. The fourth-order valence-corrected chi connectivity index (χ4v) is 7.24. The second kappa shape index (κ2) is 13.6. The van der Waals surface area contributed by atoms with Gasteiger partial charge < -0.3 is 30.8 Å². The summed E-state index contributed by atoms with van der Waals surface area (Å²) in [5.41, 5.74) is 9.92. The molecule has 0 aromatic carbocycles. The van der Waals surface area contributed by atoms with Crippen molar-refractivity contribution in [1.82, 2.24) is 0 Å². The number of ether oxygens (including phenoxy) is 3. The van der Waals surface area contributed by atoms with Gasteiger partial charge in [-0.2, -0.15) is 0 Å². The van der Waals surface area contributed by atoms with Gasteiger partial charge in [-0.25, -0.2) is 4.79 Å². The molecule has 0 amide bonds. The molecule has 0 aliphatic heterocycles. The predicted octanol–water partition coefficient (Wildman–Crippen LogP) is 3.15. The van der Waals surface area contributed by atoms with Gasteiger partial charge in [0.25, 0.3) is 12.7 Å². The van der Waals surface area contributed by atoms with Crippen LogP contribution in [-0.2, 0) is 36.6 Å². The van der Waals surface area contributed by atoms with Crippen LogP contribution in [0.2, 0.25) is 0 Å². The summed E-state index contributed by atoms with van der Waals surface area (Å²) in [6.07, 6.45) is 0.212. The highest BCUT2D eigenvalue weighted by Gasteiger charge is 2.25. The Morgan fingerprint density at radius 2 is 1.41 bits per heavy atom. The van der Waals surface area contributed by atoms with Crippen LogP contribution in [0.4, 0.5) is 0 Å². The molecule has 0 saturated carbocycles. The lowest BCUT2D eigenvalue weighted by molar-refractivity contribution is -0.496. The second-order valence-corrected chi connectivity index (χ2v) is 12.6. The number of rotatable bonds is 15.